The summed E-state index contributed by atoms with van der Waals surface area (Å²) in [6.45, 7) is 4.41. The van der Waals surface area contributed by atoms with Crippen LogP contribution in [0, 0.1) is 0 Å². The molecule has 0 heterocycles. The van der Waals surface area contributed by atoms with Gasteiger partial charge in [0.25, 0.3) is 0 Å². The van der Waals surface area contributed by atoms with Crippen molar-refractivity contribution in [2.24, 2.45) is 0 Å². The quantitative estimate of drug-likeness (QED) is 0.238. The zero-order valence-electron chi connectivity index (χ0n) is 19.0. The lowest BCUT2D eigenvalue weighted by Crippen LogP contribution is -2.18. The Morgan fingerprint density at radius 3 is 1.79 bits per heavy atom. The molecule has 1 aromatic rings. The second-order valence-corrected chi connectivity index (χ2v) is 8.35. The predicted molar refractivity (Wildman–Crippen MR) is 123 cm³/mol. The lowest BCUT2D eigenvalue weighted by Gasteiger charge is -2.19. The van der Waals surface area contributed by atoms with Crippen LogP contribution in [0.4, 0.5) is 0 Å². The average molecular weight is 405 g/mol. The third-order valence-electron chi connectivity index (χ3n) is 5.69. The van der Waals surface area contributed by atoms with Crippen molar-refractivity contribution in [3.8, 4) is 5.75 Å². The molecule has 1 atom stereocenters. The van der Waals surface area contributed by atoms with Gasteiger partial charge < -0.3 is 9.84 Å². The van der Waals surface area contributed by atoms with E-state index in [0.29, 0.717) is 6.42 Å². The summed E-state index contributed by atoms with van der Waals surface area (Å²) in [6, 6.07) is 8.20. The number of hydrogen-bond acceptors (Lipinski definition) is 2. The fraction of sp³-hybridized carbons (Fsp3) is 0.731. The Bertz CT molecular complexity index is 509. The monoisotopic (exact) mass is 404 g/mol. The van der Waals surface area contributed by atoms with Crippen molar-refractivity contribution < 1.29 is 14.6 Å². The third-order valence-corrected chi connectivity index (χ3v) is 5.69. The van der Waals surface area contributed by atoms with E-state index in [1.165, 1.54) is 76.2 Å². The highest BCUT2D eigenvalue weighted by Crippen LogP contribution is 2.20. The summed E-state index contributed by atoms with van der Waals surface area (Å²) >= 11 is 0. The van der Waals surface area contributed by atoms with Crippen LogP contribution in [0.15, 0.2) is 24.3 Å². The molecule has 3 heteroatoms. The number of rotatable bonds is 19. The van der Waals surface area contributed by atoms with Gasteiger partial charge in [0.05, 0.1) is 6.10 Å². The van der Waals surface area contributed by atoms with Crippen molar-refractivity contribution in [1.82, 2.24) is 0 Å². The van der Waals surface area contributed by atoms with E-state index in [0.717, 1.165) is 25.0 Å². The topological polar surface area (TPSA) is 46.5 Å². The van der Waals surface area contributed by atoms with Crippen molar-refractivity contribution in [3.05, 3.63) is 29.8 Å². The summed E-state index contributed by atoms with van der Waals surface area (Å²) < 4.78 is 6.10. The minimum Gasteiger partial charge on any atom is -0.490 e. The van der Waals surface area contributed by atoms with Gasteiger partial charge in [-0.15, -0.1) is 0 Å². The number of hydrogen-bond donors (Lipinski definition) is 1. The summed E-state index contributed by atoms with van der Waals surface area (Å²) in [5.74, 6) is 0.117. The summed E-state index contributed by atoms with van der Waals surface area (Å²) in [5, 5.41) is 9.01. The van der Waals surface area contributed by atoms with Crippen LogP contribution in [0.5, 0.6) is 5.75 Å². The molecule has 1 unspecified atom stereocenters. The van der Waals surface area contributed by atoms with Crippen LogP contribution in [0.2, 0.25) is 0 Å². The van der Waals surface area contributed by atoms with Crippen molar-refractivity contribution in [1.29, 1.82) is 0 Å². The molecule has 0 aliphatic carbocycles. The zero-order valence-corrected chi connectivity index (χ0v) is 19.0. The van der Waals surface area contributed by atoms with E-state index in [1.807, 2.05) is 12.1 Å². The molecule has 0 fully saturated rings. The standard InChI is InChI=1S/C26H44O3/c1-3-5-6-7-8-9-10-11-12-13-14-15-16-24(21-22-26(27)28)29-25-19-17-23(4-2)18-20-25/h17-20,24H,3-16,21-22H2,1-2H3,(H,27,28). The van der Waals surface area contributed by atoms with Crippen molar-refractivity contribution in [3.63, 3.8) is 0 Å². The molecule has 1 aromatic carbocycles. The van der Waals surface area contributed by atoms with Crippen LogP contribution in [-0.2, 0) is 11.2 Å². The van der Waals surface area contributed by atoms with Crippen LogP contribution >= 0.6 is 0 Å². The Hall–Kier alpha value is -1.51. The SMILES string of the molecule is CCCCCCCCCCCCCCC(CCC(=O)O)Oc1ccc(CC)cc1. The molecule has 29 heavy (non-hydrogen) atoms. The lowest BCUT2D eigenvalue weighted by atomic mass is 10.0. The van der Waals surface area contributed by atoms with Gasteiger partial charge in [-0.2, -0.15) is 0 Å². The number of carboxylic acids is 1. The number of aliphatic carboxylic acids is 1. The van der Waals surface area contributed by atoms with Crippen molar-refractivity contribution in [2.75, 3.05) is 0 Å². The van der Waals surface area contributed by atoms with Gasteiger partial charge in [-0.25, -0.2) is 0 Å². The summed E-state index contributed by atoms with van der Waals surface area (Å²) in [5.41, 5.74) is 1.29. The number of carbonyl (C=O) groups is 1. The van der Waals surface area contributed by atoms with E-state index in [-0.39, 0.29) is 12.5 Å². The Morgan fingerprint density at radius 2 is 1.31 bits per heavy atom. The molecule has 1 N–H and O–H groups in total. The first kappa shape index (κ1) is 25.5. The maximum absolute atomic E-state index is 11.0. The fourth-order valence-electron chi connectivity index (χ4n) is 3.76. The van der Waals surface area contributed by atoms with Crippen molar-refractivity contribution in [2.45, 2.75) is 123 Å². The molecule has 0 spiro atoms. The molecule has 0 amide bonds. The van der Waals surface area contributed by atoms with Crippen LogP contribution in [0.3, 0.4) is 0 Å². The van der Waals surface area contributed by atoms with Gasteiger partial charge in [-0.3, -0.25) is 4.79 Å². The van der Waals surface area contributed by atoms with Gasteiger partial charge in [0.15, 0.2) is 0 Å². The highest BCUT2D eigenvalue weighted by Gasteiger charge is 2.13. The Labute approximate surface area is 179 Å². The molecule has 0 saturated heterocycles. The van der Waals surface area contributed by atoms with Gasteiger partial charge in [0, 0.05) is 6.42 Å². The van der Waals surface area contributed by atoms with E-state index in [1.54, 1.807) is 0 Å². The predicted octanol–water partition coefficient (Wildman–Crippen LogP) is 7.95. The first-order chi connectivity index (χ1) is 14.2. The van der Waals surface area contributed by atoms with Crippen LogP contribution < -0.4 is 4.74 Å². The molecule has 1 rings (SSSR count). The van der Waals surface area contributed by atoms with Crippen LogP contribution in [0.25, 0.3) is 0 Å². The van der Waals surface area contributed by atoms with E-state index >= 15 is 0 Å². The average Bonchev–Trinajstić information content (AvgIpc) is 2.73. The van der Waals surface area contributed by atoms with Gasteiger partial charge in [0.2, 0.25) is 0 Å². The third kappa shape index (κ3) is 14.2. The fourth-order valence-corrected chi connectivity index (χ4v) is 3.76. The molecule has 0 saturated carbocycles. The minimum absolute atomic E-state index is 0.00157. The van der Waals surface area contributed by atoms with Gasteiger partial charge >= 0.3 is 5.97 Å². The van der Waals surface area contributed by atoms with Crippen LogP contribution in [-0.4, -0.2) is 17.2 Å². The molecule has 0 aliphatic rings. The van der Waals surface area contributed by atoms with E-state index in [4.69, 9.17) is 9.84 Å². The minimum atomic E-state index is -0.741. The highest BCUT2D eigenvalue weighted by atomic mass is 16.5. The summed E-state index contributed by atoms with van der Waals surface area (Å²) in [7, 11) is 0. The highest BCUT2D eigenvalue weighted by molar-refractivity contribution is 5.66. The molecule has 3 nitrogen and oxygen atoms in total. The smallest absolute Gasteiger partial charge is 0.303 e. The lowest BCUT2D eigenvalue weighted by molar-refractivity contribution is -0.137. The maximum Gasteiger partial charge on any atom is 0.303 e. The Kier molecular flexibility index (Phi) is 15.3. The first-order valence-corrected chi connectivity index (χ1v) is 12.1. The maximum atomic E-state index is 11.0. The molecule has 166 valence electrons. The van der Waals surface area contributed by atoms with E-state index < -0.39 is 5.97 Å². The number of carboxylic acid groups (broad SMARTS) is 1. The van der Waals surface area contributed by atoms with E-state index in [2.05, 4.69) is 26.0 Å². The number of aryl methyl sites for hydroxylation is 1. The number of unbranched alkanes of at least 4 members (excludes halogenated alkanes) is 11. The van der Waals surface area contributed by atoms with E-state index in [9.17, 15) is 4.79 Å². The molecule has 0 bridgehead atoms. The molecular formula is C26H44O3. The Morgan fingerprint density at radius 1 is 0.793 bits per heavy atom. The molecule has 0 aliphatic heterocycles. The Balaban J connectivity index is 2.15. The van der Waals surface area contributed by atoms with Gasteiger partial charge in [-0.1, -0.05) is 96.6 Å². The summed E-state index contributed by atoms with van der Waals surface area (Å²) in [6.07, 6.45) is 18.7. The second kappa shape index (κ2) is 17.4. The van der Waals surface area contributed by atoms with Gasteiger partial charge in [0.1, 0.15) is 5.75 Å². The molecule has 0 aromatic heterocycles. The second-order valence-electron chi connectivity index (χ2n) is 8.35. The first-order valence-electron chi connectivity index (χ1n) is 12.1. The zero-order chi connectivity index (χ0) is 21.2. The summed E-state index contributed by atoms with van der Waals surface area (Å²) in [4.78, 5) is 11.0. The van der Waals surface area contributed by atoms with Crippen molar-refractivity contribution >= 4 is 5.97 Å². The normalized spacial score (nSPS) is 12.1. The van der Waals surface area contributed by atoms with Gasteiger partial charge in [-0.05, 0) is 43.4 Å². The molecule has 0 radical (unpaired) electrons. The largest absolute Gasteiger partial charge is 0.490 e. The van der Waals surface area contributed by atoms with Crippen LogP contribution in [0.1, 0.15) is 116 Å². The molecular weight excluding hydrogens is 360 g/mol. The number of benzene rings is 1. The number of ether oxygens (including phenoxy) is 1.